The highest BCUT2D eigenvalue weighted by Gasteiger charge is 2.38. The second-order valence-electron chi connectivity index (χ2n) is 5.90. The van der Waals surface area contributed by atoms with Crippen LogP contribution in [0.5, 0.6) is 0 Å². The van der Waals surface area contributed by atoms with Crippen LogP contribution in [-0.2, 0) is 4.79 Å². The molecule has 1 aromatic heterocycles. The van der Waals surface area contributed by atoms with Crippen molar-refractivity contribution in [2.45, 2.75) is 13.8 Å². The first-order valence-electron chi connectivity index (χ1n) is 7.49. The maximum atomic E-state index is 12.6. The molecule has 0 bridgehead atoms. The van der Waals surface area contributed by atoms with Crippen molar-refractivity contribution in [1.82, 2.24) is 19.9 Å². The molecule has 0 spiro atoms. The van der Waals surface area contributed by atoms with Crippen LogP contribution in [0.25, 0.3) is 5.69 Å². The van der Waals surface area contributed by atoms with Gasteiger partial charge < -0.3 is 10.0 Å². The molecule has 7 nitrogen and oxygen atoms in total. The molecule has 2 atom stereocenters. The summed E-state index contributed by atoms with van der Waals surface area (Å²) < 4.78 is 1.61. The van der Waals surface area contributed by atoms with Gasteiger partial charge in [0.05, 0.1) is 17.3 Å². The van der Waals surface area contributed by atoms with Gasteiger partial charge in [0.2, 0.25) is 0 Å². The first-order chi connectivity index (χ1) is 11.0. The number of hydrogen-bond donors (Lipinski definition) is 1. The third-order valence-electron chi connectivity index (χ3n) is 4.31. The normalized spacial score (nSPS) is 20.7. The Bertz CT molecular complexity index is 741. The number of carboxylic acid groups (broad SMARTS) is 1. The molecular weight excluding hydrogens is 296 g/mol. The van der Waals surface area contributed by atoms with E-state index in [1.54, 1.807) is 16.5 Å². The molecule has 0 saturated carbocycles. The number of hydrogen-bond acceptors (Lipinski definition) is 4. The molecule has 7 heteroatoms. The van der Waals surface area contributed by atoms with Crippen LogP contribution in [0.4, 0.5) is 0 Å². The number of likely N-dealkylation sites (tertiary alicyclic amines) is 1. The SMILES string of the molecule is Cc1c(C(=O)N2C[C@@H](C)[C@H](C(=O)O)C2)nnn1-c1ccccc1. The molecule has 1 N–H and O–H groups in total. The highest BCUT2D eigenvalue weighted by Crippen LogP contribution is 2.25. The second-order valence-corrected chi connectivity index (χ2v) is 5.90. The van der Waals surface area contributed by atoms with Crippen LogP contribution in [-0.4, -0.2) is 50.0 Å². The van der Waals surface area contributed by atoms with E-state index in [-0.39, 0.29) is 24.1 Å². The van der Waals surface area contributed by atoms with Crippen molar-refractivity contribution in [3.8, 4) is 5.69 Å². The lowest BCUT2D eigenvalue weighted by atomic mass is 9.99. The van der Waals surface area contributed by atoms with Gasteiger partial charge in [0.1, 0.15) is 0 Å². The summed E-state index contributed by atoms with van der Waals surface area (Å²) in [5, 5.41) is 17.3. The Morgan fingerprint density at radius 2 is 1.91 bits per heavy atom. The minimum Gasteiger partial charge on any atom is -0.481 e. The van der Waals surface area contributed by atoms with Crippen LogP contribution in [0.1, 0.15) is 23.1 Å². The molecule has 23 heavy (non-hydrogen) atoms. The van der Waals surface area contributed by atoms with E-state index in [1.807, 2.05) is 37.3 Å². The first-order valence-corrected chi connectivity index (χ1v) is 7.49. The van der Waals surface area contributed by atoms with E-state index in [4.69, 9.17) is 0 Å². The fourth-order valence-electron chi connectivity index (χ4n) is 2.95. The summed E-state index contributed by atoms with van der Waals surface area (Å²) in [5.41, 5.74) is 1.74. The average Bonchev–Trinajstić information content (AvgIpc) is 3.11. The Balaban J connectivity index is 1.85. The lowest BCUT2D eigenvalue weighted by Crippen LogP contribution is -2.30. The number of benzene rings is 1. The Morgan fingerprint density at radius 1 is 1.22 bits per heavy atom. The predicted molar refractivity (Wildman–Crippen MR) is 82.3 cm³/mol. The molecule has 0 unspecified atom stereocenters. The smallest absolute Gasteiger partial charge is 0.308 e. The molecule has 0 radical (unpaired) electrons. The molecule has 0 aliphatic carbocycles. The van der Waals surface area contributed by atoms with Crippen molar-refractivity contribution in [2.24, 2.45) is 11.8 Å². The van der Waals surface area contributed by atoms with E-state index in [1.165, 1.54) is 0 Å². The lowest BCUT2D eigenvalue weighted by Gasteiger charge is -2.14. The number of aromatic nitrogens is 3. The van der Waals surface area contributed by atoms with Gasteiger partial charge in [0, 0.05) is 13.1 Å². The fraction of sp³-hybridized carbons (Fsp3) is 0.375. The third kappa shape index (κ3) is 2.69. The molecule has 1 aliphatic heterocycles. The van der Waals surface area contributed by atoms with Gasteiger partial charge in [-0.1, -0.05) is 30.3 Å². The Kier molecular flexibility index (Phi) is 3.85. The van der Waals surface area contributed by atoms with Crippen molar-refractivity contribution >= 4 is 11.9 Å². The Morgan fingerprint density at radius 3 is 2.52 bits per heavy atom. The predicted octanol–water partition coefficient (Wildman–Crippen LogP) is 1.37. The molecule has 1 saturated heterocycles. The molecule has 1 fully saturated rings. The minimum atomic E-state index is -0.863. The van der Waals surface area contributed by atoms with Gasteiger partial charge in [-0.15, -0.1) is 5.10 Å². The zero-order valence-corrected chi connectivity index (χ0v) is 13.0. The standard InChI is InChI=1S/C16H18N4O3/c1-10-8-19(9-13(10)16(22)23)15(21)14-11(2)20(18-17-14)12-6-4-3-5-7-12/h3-7,10,13H,8-9H2,1-2H3,(H,22,23)/t10-,13-/m1/s1. The van der Waals surface area contributed by atoms with Gasteiger partial charge >= 0.3 is 5.97 Å². The summed E-state index contributed by atoms with van der Waals surface area (Å²) in [5.74, 6) is -1.72. The number of nitrogens with zero attached hydrogens (tertiary/aromatic N) is 4. The molecular formula is C16H18N4O3. The van der Waals surface area contributed by atoms with Gasteiger partial charge in [0.15, 0.2) is 5.69 Å². The van der Waals surface area contributed by atoms with Gasteiger partial charge in [-0.05, 0) is 25.0 Å². The average molecular weight is 314 g/mol. The number of carboxylic acids is 1. The van der Waals surface area contributed by atoms with Gasteiger partial charge in [-0.2, -0.15) is 0 Å². The van der Waals surface area contributed by atoms with E-state index < -0.39 is 11.9 Å². The number of carbonyl (C=O) groups excluding carboxylic acids is 1. The highest BCUT2D eigenvalue weighted by molar-refractivity contribution is 5.94. The summed E-state index contributed by atoms with van der Waals surface area (Å²) >= 11 is 0. The topological polar surface area (TPSA) is 88.3 Å². The molecule has 1 aliphatic rings. The number of carbonyl (C=O) groups is 2. The molecule has 120 valence electrons. The van der Waals surface area contributed by atoms with Crippen molar-refractivity contribution in [3.63, 3.8) is 0 Å². The summed E-state index contributed by atoms with van der Waals surface area (Å²) in [6.07, 6.45) is 0. The lowest BCUT2D eigenvalue weighted by molar-refractivity contribution is -0.142. The maximum Gasteiger partial charge on any atom is 0.308 e. The van der Waals surface area contributed by atoms with E-state index >= 15 is 0 Å². The third-order valence-corrected chi connectivity index (χ3v) is 4.31. The molecule has 1 amide bonds. The van der Waals surface area contributed by atoms with E-state index in [9.17, 15) is 14.7 Å². The number of aliphatic carboxylic acids is 1. The first kappa shape index (κ1) is 15.2. The molecule has 2 heterocycles. The van der Waals surface area contributed by atoms with Crippen molar-refractivity contribution < 1.29 is 14.7 Å². The van der Waals surface area contributed by atoms with Gasteiger partial charge in [-0.25, -0.2) is 4.68 Å². The summed E-state index contributed by atoms with van der Waals surface area (Å²) in [7, 11) is 0. The van der Waals surface area contributed by atoms with E-state index in [0.717, 1.165) is 5.69 Å². The monoisotopic (exact) mass is 314 g/mol. The largest absolute Gasteiger partial charge is 0.481 e. The van der Waals surface area contributed by atoms with Crippen LogP contribution >= 0.6 is 0 Å². The Hall–Kier alpha value is -2.70. The van der Waals surface area contributed by atoms with Crippen molar-refractivity contribution in [3.05, 3.63) is 41.7 Å². The van der Waals surface area contributed by atoms with Crippen molar-refractivity contribution in [2.75, 3.05) is 13.1 Å². The highest BCUT2D eigenvalue weighted by atomic mass is 16.4. The van der Waals surface area contributed by atoms with Gasteiger partial charge in [-0.3, -0.25) is 9.59 Å². The summed E-state index contributed by atoms with van der Waals surface area (Å²) in [6.45, 7) is 4.27. The molecule has 3 rings (SSSR count). The molecule has 1 aromatic carbocycles. The zero-order chi connectivity index (χ0) is 16.6. The number of rotatable bonds is 3. The Labute approximate surface area is 133 Å². The van der Waals surface area contributed by atoms with E-state index in [0.29, 0.717) is 12.2 Å². The molecule has 2 aromatic rings. The zero-order valence-electron chi connectivity index (χ0n) is 13.0. The van der Waals surface area contributed by atoms with Crippen LogP contribution in [0.2, 0.25) is 0 Å². The summed E-state index contributed by atoms with van der Waals surface area (Å²) in [4.78, 5) is 25.4. The van der Waals surface area contributed by atoms with E-state index in [2.05, 4.69) is 10.3 Å². The quantitative estimate of drug-likeness (QED) is 0.924. The van der Waals surface area contributed by atoms with Crippen LogP contribution in [0.3, 0.4) is 0 Å². The maximum absolute atomic E-state index is 12.6. The van der Waals surface area contributed by atoms with Crippen molar-refractivity contribution in [1.29, 1.82) is 0 Å². The van der Waals surface area contributed by atoms with Crippen LogP contribution in [0.15, 0.2) is 30.3 Å². The fourth-order valence-corrected chi connectivity index (χ4v) is 2.95. The number of para-hydroxylation sites is 1. The van der Waals surface area contributed by atoms with Crippen LogP contribution < -0.4 is 0 Å². The van der Waals surface area contributed by atoms with Gasteiger partial charge in [0.25, 0.3) is 5.91 Å². The van der Waals surface area contributed by atoms with Crippen LogP contribution in [0, 0.1) is 18.8 Å². The second kappa shape index (κ2) is 5.83. The minimum absolute atomic E-state index is 0.0686. The number of amides is 1. The summed E-state index contributed by atoms with van der Waals surface area (Å²) in [6, 6.07) is 9.44.